The molecule has 7 heteroatoms. The standard InChI is InChI=1S/C13H22N4O3/c1-9(2)8-10(12(18)19)16-13(20)15-5-4-11-14-6-7-17(11)3/h6-7,9-10H,4-5,8H2,1-3H3,(H,18,19)(H2,15,16,20)/t10-/m0/s1. The number of hydrogen-bond acceptors (Lipinski definition) is 3. The van der Waals surface area contributed by atoms with Crippen molar-refractivity contribution in [1.82, 2.24) is 20.2 Å². The number of carbonyl (C=O) groups excluding carboxylic acids is 1. The highest BCUT2D eigenvalue weighted by Crippen LogP contribution is 2.04. The number of nitrogens with zero attached hydrogens (tertiary/aromatic N) is 2. The summed E-state index contributed by atoms with van der Waals surface area (Å²) < 4.78 is 1.87. The number of hydrogen-bond donors (Lipinski definition) is 3. The summed E-state index contributed by atoms with van der Waals surface area (Å²) in [6, 6.07) is -1.32. The second-order valence-electron chi connectivity index (χ2n) is 5.12. The van der Waals surface area contributed by atoms with Crippen LogP contribution in [-0.4, -0.2) is 39.2 Å². The molecule has 0 aromatic carbocycles. The number of urea groups is 1. The van der Waals surface area contributed by atoms with Crippen LogP contribution in [0.1, 0.15) is 26.1 Å². The number of imidazole rings is 1. The summed E-state index contributed by atoms with van der Waals surface area (Å²) in [6.07, 6.45) is 4.53. The van der Waals surface area contributed by atoms with Crippen LogP contribution in [0, 0.1) is 5.92 Å². The first-order valence-corrected chi connectivity index (χ1v) is 6.63. The maximum Gasteiger partial charge on any atom is 0.326 e. The lowest BCUT2D eigenvalue weighted by atomic mass is 10.0. The minimum Gasteiger partial charge on any atom is -0.480 e. The van der Waals surface area contributed by atoms with Gasteiger partial charge in [0.05, 0.1) is 0 Å². The Labute approximate surface area is 118 Å². The number of nitrogens with one attached hydrogen (secondary N) is 2. The maximum atomic E-state index is 11.6. The molecule has 0 fully saturated rings. The Bertz CT molecular complexity index is 456. The number of carboxylic acid groups (broad SMARTS) is 1. The molecule has 0 saturated heterocycles. The Morgan fingerprint density at radius 2 is 2.15 bits per heavy atom. The third kappa shape index (κ3) is 5.29. The SMILES string of the molecule is CC(C)C[C@H](NC(=O)NCCc1nccn1C)C(=O)O. The highest BCUT2D eigenvalue weighted by Gasteiger charge is 2.20. The number of carboxylic acids is 1. The van der Waals surface area contributed by atoms with E-state index in [-0.39, 0.29) is 5.92 Å². The molecule has 0 radical (unpaired) electrons. The largest absolute Gasteiger partial charge is 0.480 e. The quantitative estimate of drug-likeness (QED) is 0.688. The van der Waals surface area contributed by atoms with E-state index in [1.807, 2.05) is 31.7 Å². The first-order chi connectivity index (χ1) is 9.40. The Hall–Kier alpha value is -2.05. The molecule has 1 rings (SSSR count). The summed E-state index contributed by atoms with van der Waals surface area (Å²) in [4.78, 5) is 26.8. The van der Waals surface area contributed by atoms with E-state index in [0.717, 1.165) is 5.82 Å². The summed E-state index contributed by atoms with van der Waals surface area (Å²) in [5.41, 5.74) is 0. The predicted octanol–water partition coefficient (Wildman–Crippen LogP) is 0.761. The summed E-state index contributed by atoms with van der Waals surface area (Å²) in [5.74, 6) is 0.0455. The molecule has 112 valence electrons. The van der Waals surface area contributed by atoms with Gasteiger partial charge in [-0.15, -0.1) is 0 Å². The van der Waals surface area contributed by atoms with E-state index in [0.29, 0.717) is 19.4 Å². The van der Waals surface area contributed by atoms with Crippen LogP contribution in [0.25, 0.3) is 0 Å². The molecule has 20 heavy (non-hydrogen) atoms. The molecule has 0 aliphatic heterocycles. The van der Waals surface area contributed by atoms with Gasteiger partial charge in [0.15, 0.2) is 0 Å². The second kappa shape index (κ2) is 7.52. The van der Waals surface area contributed by atoms with Crippen molar-refractivity contribution in [3.63, 3.8) is 0 Å². The third-order valence-electron chi connectivity index (χ3n) is 2.87. The highest BCUT2D eigenvalue weighted by molar-refractivity contribution is 5.82. The molecule has 7 nitrogen and oxygen atoms in total. The topological polar surface area (TPSA) is 96.3 Å². The first kappa shape index (κ1) is 16.0. The smallest absolute Gasteiger partial charge is 0.326 e. The molecule has 1 aromatic rings. The lowest BCUT2D eigenvalue weighted by Crippen LogP contribution is -2.47. The number of rotatable bonds is 7. The summed E-state index contributed by atoms with van der Waals surface area (Å²) in [7, 11) is 1.88. The summed E-state index contributed by atoms with van der Waals surface area (Å²) in [6.45, 7) is 4.23. The van der Waals surface area contributed by atoms with Crippen molar-refractivity contribution >= 4 is 12.0 Å². The van der Waals surface area contributed by atoms with Gasteiger partial charge in [-0.3, -0.25) is 0 Å². The minimum atomic E-state index is -1.02. The van der Waals surface area contributed by atoms with E-state index in [2.05, 4.69) is 15.6 Å². The van der Waals surface area contributed by atoms with Gasteiger partial charge in [0.2, 0.25) is 0 Å². The lowest BCUT2D eigenvalue weighted by Gasteiger charge is -2.16. The Balaban J connectivity index is 2.35. The van der Waals surface area contributed by atoms with Gasteiger partial charge in [-0.1, -0.05) is 13.8 Å². The van der Waals surface area contributed by atoms with Crippen molar-refractivity contribution in [2.45, 2.75) is 32.7 Å². The molecule has 3 N–H and O–H groups in total. The van der Waals surface area contributed by atoms with E-state index < -0.39 is 18.0 Å². The fraction of sp³-hybridized carbons (Fsp3) is 0.615. The van der Waals surface area contributed by atoms with Crippen molar-refractivity contribution in [3.8, 4) is 0 Å². The van der Waals surface area contributed by atoms with Crippen LogP contribution < -0.4 is 10.6 Å². The molecule has 0 unspecified atom stereocenters. The molecule has 1 aromatic heterocycles. The molecule has 0 bridgehead atoms. The van der Waals surface area contributed by atoms with Gasteiger partial charge in [-0.25, -0.2) is 14.6 Å². The molecule has 1 atom stereocenters. The van der Waals surface area contributed by atoms with Gasteiger partial charge < -0.3 is 20.3 Å². The molecular weight excluding hydrogens is 260 g/mol. The molecule has 0 saturated carbocycles. The van der Waals surface area contributed by atoms with Crippen LogP contribution in [0.3, 0.4) is 0 Å². The average molecular weight is 282 g/mol. The molecule has 0 aliphatic rings. The second-order valence-corrected chi connectivity index (χ2v) is 5.12. The minimum absolute atomic E-state index is 0.198. The van der Waals surface area contributed by atoms with Crippen LogP contribution in [0.4, 0.5) is 4.79 Å². The van der Waals surface area contributed by atoms with E-state index in [9.17, 15) is 9.59 Å². The zero-order valence-corrected chi connectivity index (χ0v) is 12.1. The van der Waals surface area contributed by atoms with Crippen LogP contribution in [0.5, 0.6) is 0 Å². The van der Waals surface area contributed by atoms with Crippen LogP contribution in [-0.2, 0) is 18.3 Å². The van der Waals surface area contributed by atoms with E-state index in [1.165, 1.54) is 0 Å². The monoisotopic (exact) mass is 282 g/mol. The van der Waals surface area contributed by atoms with Crippen molar-refractivity contribution < 1.29 is 14.7 Å². The highest BCUT2D eigenvalue weighted by atomic mass is 16.4. The average Bonchev–Trinajstić information content (AvgIpc) is 2.73. The maximum absolute atomic E-state index is 11.6. The zero-order valence-electron chi connectivity index (χ0n) is 12.1. The Morgan fingerprint density at radius 3 is 2.65 bits per heavy atom. The summed E-state index contributed by atoms with van der Waals surface area (Å²) in [5, 5.41) is 14.1. The summed E-state index contributed by atoms with van der Waals surface area (Å²) >= 11 is 0. The van der Waals surface area contributed by atoms with Crippen molar-refractivity contribution in [3.05, 3.63) is 18.2 Å². The van der Waals surface area contributed by atoms with Crippen molar-refractivity contribution in [1.29, 1.82) is 0 Å². The van der Waals surface area contributed by atoms with Gasteiger partial charge >= 0.3 is 12.0 Å². The molecule has 0 aliphatic carbocycles. The number of aliphatic carboxylic acids is 1. The van der Waals surface area contributed by atoms with Crippen LogP contribution in [0.15, 0.2) is 12.4 Å². The number of aryl methyl sites for hydroxylation is 1. The fourth-order valence-electron chi connectivity index (χ4n) is 1.83. The van der Waals surface area contributed by atoms with Crippen molar-refractivity contribution in [2.75, 3.05) is 6.54 Å². The van der Waals surface area contributed by atoms with Gasteiger partial charge in [-0.05, 0) is 12.3 Å². The molecular formula is C13H22N4O3. The fourth-order valence-corrected chi connectivity index (χ4v) is 1.83. The Kier molecular flexibility index (Phi) is 6.02. The van der Waals surface area contributed by atoms with E-state index in [1.54, 1.807) is 6.20 Å². The number of carbonyl (C=O) groups is 2. The van der Waals surface area contributed by atoms with Crippen LogP contribution >= 0.6 is 0 Å². The predicted molar refractivity (Wildman–Crippen MR) is 74.3 cm³/mol. The normalized spacial score (nSPS) is 12.2. The van der Waals surface area contributed by atoms with E-state index >= 15 is 0 Å². The van der Waals surface area contributed by atoms with Gasteiger partial charge in [0, 0.05) is 32.4 Å². The molecule has 1 heterocycles. The van der Waals surface area contributed by atoms with Crippen molar-refractivity contribution in [2.24, 2.45) is 13.0 Å². The molecule has 2 amide bonds. The number of aromatic nitrogens is 2. The van der Waals surface area contributed by atoms with Gasteiger partial charge in [0.1, 0.15) is 11.9 Å². The number of amides is 2. The lowest BCUT2D eigenvalue weighted by molar-refractivity contribution is -0.139. The van der Waals surface area contributed by atoms with Gasteiger partial charge in [0.25, 0.3) is 0 Å². The Morgan fingerprint density at radius 1 is 1.45 bits per heavy atom. The third-order valence-corrected chi connectivity index (χ3v) is 2.87. The van der Waals surface area contributed by atoms with E-state index in [4.69, 9.17) is 5.11 Å². The van der Waals surface area contributed by atoms with Crippen LogP contribution in [0.2, 0.25) is 0 Å². The zero-order chi connectivity index (χ0) is 15.1. The molecule has 0 spiro atoms. The van der Waals surface area contributed by atoms with Gasteiger partial charge in [-0.2, -0.15) is 0 Å². The first-order valence-electron chi connectivity index (χ1n) is 6.63.